The first-order chi connectivity index (χ1) is 28.3. The average Bonchev–Trinajstić information content (AvgIpc) is 3.68. The molecule has 0 saturated carbocycles. The van der Waals surface area contributed by atoms with Gasteiger partial charge in [-0.05, 0) is 82.1 Å². The van der Waals surface area contributed by atoms with Crippen molar-refractivity contribution in [1.29, 1.82) is 0 Å². The number of carboxylic acid groups (broad SMARTS) is 1. The molecule has 0 aromatic carbocycles. The highest BCUT2D eigenvalue weighted by atomic mass is 31.2. The lowest BCUT2D eigenvalue weighted by molar-refractivity contribution is -0.161. The van der Waals surface area contributed by atoms with Crippen LogP contribution in [0.1, 0.15) is 182 Å². The van der Waals surface area contributed by atoms with E-state index in [-0.39, 0.29) is 19.4 Å². The Kier molecular flexibility index (Phi) is 26.6. The van der Waals surface area contributed by atoms with Crippen LogP contribution >= 0.6 is 7.82 Å². The van der Waals surface area contributed by atoms with Crippen LogP contribution < -0.4 is 5.73 Å². The lowest BCUT2D eigenvalue weighted by Gasteiger charge is -2.20. The molecule has 0 spiro atoms. The van der Waals surface area contributed by atoms with Gasteiger partial charge in [0.05, 0.1) is 13.2 Å². The summed E-state index contributed by atoms with van der Waals surface area (Å²) >= 11 is 0. The van der Waals surface area contributed by atoms with Crippen LogP contribution in [-0.2, 0) is 63.2 Å². The molecule has 0 amide bonds. The molecule has 0 aliphatic carbocycles. The number of carbonyl (C=O) groups excluding carboxylic acids is 2. The number of phosphoric ester groups is 1. The fourth-order valence-corrected chi connectivity index (χ4v) is 7.68. The smallest absolute Gasteiger partial charge is 0.472 e. The van der Waals surface area contributed by atoms with Gasteiger partial charge >= 0.3 is 25.7 Å². The normalized spacial score (nSPS) is 13.6. The molecule has 0 bridgehead atoms. The van der Waals surface area contributed by atoms with Crippen molar-refractivity contribution in [2.75, 3.05) is 19.8 Å². The molecule has 13 nitrogen and oxygen atoms in total. The van der Waals surface area contributed by atoms with Crippen LogP contribution in [0.5, 0.6) is 0 Å². The molecule has 4 N–H and O–H groups in total. The van der Waals surface area contributed by atoms with Crippen LogP contribution in [0.3, 0.4) is 0 Å². The Morgan fingerprint density at radius 1 is 0.644 bits per heavy atom. The van der Waals surface area contributed by atoms with Gasteiger partial charge in [0.2, 0.25) is 0 Å². The number of ether oxygens (including phenoxy) is 2. The van der Waals surface area contributed by atoms with E-state index in [9.17, 15) is 23.8 Å². The SMILES string of the molecule is CCCCCc1oc(CCCCCCCCC(=O)OCC(COP(=O)(O)OCC(N)C(=O)O)OC(=O)CCCCCCCCCCc2oc(CCC)cc2C)c(C)c1C. The van der Waals surface area contributed by atoms with Crippen molar-refractivity contribution < 1.29 is 56.3 Å². The Bertz CT molecular complexity index is 1530. The summed E-state index contributed by atoms with van der Waals surface area (Å²) in [7, 11) is -4.74. The highest BCUT2D eigenvalue weighted by molar-refractivity contribution is 7.47. The first kappa shape index (κ1) is 52.2. The van der Waals surface area contributed by atoms with E-state index in [4.69, 9.17) is 33.7 Å². The largest absolute Gasteiger partial charge is 0.480 e. The summed E-state index contributed by atoms with van der Waals surface area (Å²) in [5.41, 5.74) is 9.16. The lowest BCUT2D eigenvalue weighted by Crippen LogP contribution is -2.34. The molecule has 0 aliphatic rings. The molecular weight excluding hydrogens is 777 g/mol. The number of aryl methyl sites for hydroxylation is 5. The van der Waals surface area contributed by atoms with E-state index >= 15 is 0 Å². The topological polar surface area (TPSA) is 198 Å². The van der Waals surface area contributed by atoms with E-state index < -0.39 is 51.1 Å². The molecule has 2 rings (SSSR count). The predicted molar refractivity (Wildman–Crippen MR) is 228 cm³/mol. The van der Waals surface area contributed by atoms with Crippen LogP contribution in [0, 0.1) is 20.8 Å². The van der Waals surface area contributed by atoms with E-state index in [0.717, 1.165) is 139 Å². The van der Waals surface area contributed by atoms with Gasteiger partial charge in [0, 0.05) is 38.5 Å². The van der Waals surface area contributed by atoms with Crippen LogP contribution in [-0.4, -0.2) is 59.9 Å². The number of furan rings is 2. The van der Waals surface area contributed by atoms with Crippen LogP contribution in [0.15, 0.2) is 14.9 Å². The van der Waals surface area contributed by atoms with E-state index in [1.54, 1.807) is 0 Å². The van der Waals surface area contributed by atoms with Crippen molar-refractivity contribution in [1.82, 2.24) is 0 Å². The van der Waals surface area contributed by atoms with Crippen molar-refractivity contribution in [3.63, 3.8) is 0 Å². The molecule has 59 heavy (non-hydrogen) atoms. The third-order valence-corrected chi connectivity index (χ3v) is 11.6. The second-order valence-corrected chi connectivity index (χ2v) is 17.4. The number of unbranched alkanes of at least 4 members (excludes halogenated alkanes) is 14. The highest BCUT2D eigenvalue weighted by Crippen LogP contribution is 2.43. The summed E-state index contributed by atoms with van der Waals surface area (Å²) in [6, 6.07) is 0.622. The zero-order valence-electron chi connectivity index (χ0n) is 36.8. The monoisotopic (exact) mass is 854 g/mol. The first-order valence-electron chi connectivity index (χ1n) is 22.4. The number of rotatable bonds is 36. The van der Waals surface area contributed by atoms with Gasteiger partial charge in [-0.15, -0.1) is 0 Å². The van der Waals surface area contributed by atoms with E-state index in [2.05, 4.69) is 45.2 Å². The van der Waals surface area contributed by atoms with Gasteiger partial charge in [-0.25, -0.2) is 4.57 Å². The fraction of sp³-hybridized carbons (Fsp3) is 0.756. The van der Waals surface area contributed by atoms with Gasteiger partial charge in [0.25, 0.3) is 0 Å². The van der Waals surface area contributed by atoms with E-state index in [1.165, 1.54) is 29.5 Å². The summed E-state index contributed by atoms with van der Waals surface area (Å²) in [5, 5.41) is 8.92. The highest BCUT2D eigenvalue weighted by Gasteiger charge is 2.28. The number of esters is 2. The predicted octanol–water partition coefficient (Wildman–Crippen LogP) is 10.5. The summed E-state index contributed by atoms with van der Waals surface area (Å²) in [4.78, 5) is 46.2. The lowest BCUT2D eigenvalue weighted by atomic mass is 10.0. The third kappa shape index (κ3) is 23.0. The molecule has 0 fully saturated rings. The molecule has 2 heterocycles. The number of carboxylic acids is 1. The number of hydrogen-bond donors (Lipinski definition) is 3. The van der Waals surface area contributed by atoms with Gasteiger partial charge in [0.15, 0.2) is 6.10 Å². The zero-order valence-corrected chi connectivity index (χ0v) is 37.7. The van der Waals surface area contributed by atoms with Crippen molar-refractivity contribution in [2.45, 2.75) is 201 Å². The maximum absolute atomic E-state index is 12.7. The van der Waals surface area contributed by atoms with Crippen molar-refractivity contribution >= 4 is 25.7 Å². The zero-order chi connectivity index (χ0) is 43.5. The van der Waals surface area contributed by atoms with Gasteiger partial charge in [-0.1, -0.05) is 90.9 Å². The van der Waals surface area contributed by atoms with Gasteiger partial charge in [-0.3, -0.25) is 23.4 Å². The molecular formula is C45H76NO12P. The molecule has 0 radical (unpaired) electrons. The van der Waals surface area contributed by atoms with E-state index in [0.29, 0.717) is 12.8 Å². The minimum absolute atomic E-state index is 0.133. The summed E-state index contributed by atoms with van der Waals surface area (Å²) in [6.07, 6.45) is 21.4. The van der Waals surface area contributed by atoms with Crippen molar-refractivity contribution in [2.24, 2.45) is 5.73 Å². The number of nitrogens with two attached hydrogens (primary N) is 1. The van der Waals surface area contributed by atoms with Gasteiger partial charge < -0.3 is 34.0 Å². The Hall–Kier alpha value is -2.96. The maximum atomic E-state index is 12.7. The van der Waals surface area contributed by atoms with Gasteiger partial charge in [0.1, 0.15) is 35.7 Å². The van der Waals surface area contributed by atoms with Crippen LogP contribution in [0.25, 0.3) is 0 Å². The fourth-order valence-electron chi connectivity index (χ4n) is 6.90. The average molecular weight is 854 g/mol. The number of aliphatic carboxylic acids is 1. The van der Waals surface area contributed by atoms with Crippen molar-refractivity contribution in [3.05, 3.63) is 45.8 Å². The standard InChI is InChI=1S/C45H76NO12P/c1-6-8-19-26-41-35(4)36(5)42(58-41)27-21-16-13-14-17-22-28-43(47)53-31-38(32-54-59(51,52)55-33-39(46)45(49)50)57-44(48)29-23-18-12-10-9-11-15-20-25-40-34(3)30-37(56-40)24-7-2/h30,38-39H,6-29,31-33,46H2,1-5H3,(H,49,50)(H,51,52). The molecule has 2 aromatic rings. The summed E-state index contributed by atoms with van der Waals surface area (Å²) in [6.45, 7) is 9.03. The first-order valence-corrected chi connectivity index (χ1v) is 23.9. The Morgan fingerprint density at radius 3 is 1.68 bits per heavy atom. The maximum Gasteiger partial charge on any atom is 0.472 e. The van der Waals surface area contributed by atoms with Crippen LogP contribution in [0.4, 0.5) is 0 Å². The molecule has 3 atom stereocenters. The van der Waals surface area contributed by atoms with Crippen LogP contribution in [0.2, 0.25) is 0 Å². The minimum atomic E-state index is -4.74. The molecule has 0 aliphatic heterocycles. The second-order valence-electron chi connectivity index (χ2n) is 16.0. The quantitative estimate of drug-likeness (QED) is 0.0333. The molecule has 0 saturated heterocycles. The van der Waals surface area contributed by atoms with Gasteiger partial charge in [-0.2, -0.15) is 0 Å². The van der Waals surface area contributed by atoms with E-state index in [1.807, 2.05) is 0 Å². The summed E-state index contributed by atoms with van der Waals surface area (Å²) < 4.78 is 45.0. The van der Waals surface area contributed by atoms with Crippen molar-refractivity contribution in [3.8, 4) is 0 Å². The minimum Gasteiger partial charge on any atom is -0.480 e. The summed E-state index contributed by atoms with van der Waals surface area (Å²) in [5.74, 6) is 1.99. The molecule has 3 unspecified atom stereocenters. The Labute approximate surface area is 353 Å². The number of phosphoric acid groups is 1. The number of carbonyl (C=O) groups is 3. The molecule has 2 aromatic heterocycles. The molecule has 14 heteroatoms. The Balaban J connectivity index is 1.67. The number of hydrogen-bond acceptors (Lipinski definition) is 11. The second kappa shape index (κ2) is 30.1. The Morgan fingerprint density at radius 2 is 1.14 bits per heavy atom. The molecule has 338 valence electrons. The third-order valence-electron chi connectivity index (χ3n) is 10.7.